The summed E-state index contributed by atoms with van der Waals surface area (Å²) in [7, 11) is 0. The van der Waals surface area contributed by atoms with E-state index in [9.17, 15) is 0 Å². The summed E-state index contributed by atoms with van der Waals surface area (Å²) in [6.45, 7) is 6.14. The number of hydrogen-bond acceptors (Lipinski definition) is 2. The fourth-order valence-electron chi connectivity index (χ4n) is 2.28. The summed E-state index contributed by atoms with van der Waals surface area (Å²) in [5.41, 5.74) is 2.44. The van der Waals surface area contributed by atoms with Crippen molar-refractivity contribution in [1.82, 2.24) is 4.98 Å². The van der Waals surface area contributed by atoms with Crippen molar-refractivity contribution in [2.75, 3.05) is 18.0 Å². The third-order valence-electron chi connectivity index (χ3n) is 3.38. The van der Waals surface area contributed by atoms with Gasteiger partial charge in [-0.15, -0.1) is 0 Å². The Kier molecular flexibility index (Phi) is 2.56. The fraction of sp³-hybridized carbons (Fsp3) is 0.267. The Morgan fingerprint density at radius 2 is 1.76 bits per heavy atom. The number of nitrogens with zero attached hydrogens (tertiary/aromatic N) is 2. The summed E-state index contributed by atoms with van der Waals surface area (Å²) in [5.74, 6) is 1.09. The third kappa shape index (κ3) is 2.03. The molecule has 0 saturated carbocycles. The number of anilines is 1. The van der Waals surface area contributed by atoms with Gasteiger partial charge in [-0.05, 0) is 31.0 Å². The smallest absolute Gasteiger partial charge is 0.129 e. The van der Waals surface area contributed by atoms with E-state index < -0.39 is 0 Å². The van der Waals surface area contributed by atoms with Crippen LogP contribution in [0.15, 0.2) is 48.6 Å². The lowest BCUT2D eigenvalue weighted by atomic mass is 10.1. The zero-order valence-electron chi connectivity index (χ0n) is 9.89. The van der Waals surface area contributed by atoms with Gasteiger partial charge in [0.1, 0.15) is 5.82 Å². The van der Waals surface area contributed by atoms with Gasteiger partial charge in [0.25, 0.3) is 0 Å². The first-order valence-electron chi connectivity index (χ1n) is 6.10. The molecular formula is C15H16N2. The average molecular weight is 224 g/mol. The molecule has 17 heavy (non-hydrogen) atoms. The first-order valence-corrected chi connectivity index (χ1v) is 6.10. The van der Waals surface area contributed by atoms with Crippen LogP contribution in [0.5, 0.6) is 0 Å². The van der Waals surface area contributed by atoms with Crippen LogP contribution in [0.4, 0.5) is 5.82 Å². The Hall–Kier alpha value is -1.83. The molecule has 3 rings (SSSR count). The van der Waals surface area contributed by atoms with Crippen LogP contribution in [-0.4, -0.2) is 18.1 Å². The van der Waals surface area contributed by atoms with E-state index in [-0.39, 0.29) is 0 Å². The summed E-state index contributed by atoms with van der Waals surface area (Å²) in [6.07, 6.45) is 2.18. The van der Waals surface area contributed by atoms with E-state index in [0.717, 1.165) is 37.3 Å². The lowest BCUT2D eigenvalue weighted by Gasteiger charge is -2.29. The Morgan fingerprint density at radius 3 is 2.59 bits per heavy atom. The summed E-state index contributed by atoms with van der Waals surface area (Å²) < 4.78 is 0. The van der Waals surface area contributed by atoms with Crippen LogP contribution in [0, 0.1) is 0 Å². The van der Waals surface area contributed by atoms with Crippen LogP contribution in [0.25, 0.3) is 10.9 Å². The van der Waals surface area contributed by atoms with E-state index in [2.05, 4.69) is 41.8 Å². The zero-order valence-corrected chi connectivity index (χ0v) is 9.89. The van der Waals surface area contributed by atoms with E-state index >= 15 is 0 Å². The largest absolute Gasteiger partial charge is 0.356 e. The molecule has 1 aliphatic rings. The van der Waals surface area contributed by atoms with Crippen molar-refractivity contribution in [3.8, 4) is 0 Å². The highest BCUT2D eigenvalue weighted by Gasteiger charge is 2.14. The van der Waals surface area contributed by atoms with Gasteiger partial charge in [0.15, 0.2) is 0 Å². The molecule has 0 radical (unpaired) electrons. The van der Waals surface area contributed by atoms with Crippen molar-refractivity contribution in [3.63, 3.8) is 0 Å². The second-order valence-corrected chi connectivity index (χ2v) is 4.60. The molecule has 1 aliphatic heterocycles. The Labute approximate surface area is 102 Å². The molecule has 2 heterocycles. The van der Waals surface area contributed by atoms with E-state index in [1.54, 1.807) is 0 Å². The molecule has 0 bridgehead atoms. The van der Waals surface area contributed by atoms with Gasteiger partial charge in [-0.25, -0.2) is 4.98 Å². The molecule has 1 saturated heterocycles. The first kappa shape index (κ1) is 10.3. The summed E-state index contributed by atoms with van der Waals surface area (Å²) >= 11 is 0. The number of aromatic nitrogens is 1. The van der Waals surface area contributed by atoms with Gasteiger partial charge in [-0.2, -0.15) is 0 Å². The second-order valence-electron chi connectivity index (χ2n) is 4.60. The molecule has 2 heteroatoms. The van der Waals surface area contributed by atoms with E-state index in [1.807, 2.05) is 6.07 Å². The highest BCUT2D eigenvalue weighted by Crippen LogP contribution is 2.22. The van der Waals surface area contributed by atoms with Crippen molar-refractivity contribution < 1.29 is 0 Å². The van der Waals surface area contributed by atoms with Gasteiger partial charge in [0, 0.05) is 18.5 Å². The number of hydrogen-bond donors (Lipinski definition) is 0. The van der Waals surface area contributed by atoms with Gasteiger partial charge < -0.3 is 4.90 Å². The lowest BCUT2D eigenvalue weighted by molar-refractivity contribution is 0.680. The van der Waals surface area contributed by atoms with Crippen LogP contribution >= 0.6 is 0 Å². The fourth-order valence-corrected chi connectivity index (χ4v) is 2.28. The summed E-state index contributed by atoms with van der Waals surface area (Å²) in [5, 5.41) is 1.21. The maximum absolute atomic E-state index is 4.72. The predicted molar refractivity (Wildman–Crippen MR) is 72.3 cm³/mol. The highest BCUT2D eigenvalue weighted by atomic mass is 15.2. The molecule has 1 fully saturated rings. The van der Waals surface area contributed by atoms with Crippen molar-refractivity contribution >= 4 is 16.7 Å². The lowest BCUT2D eigenvalue weighted by Crippen LogP contribution is -2.30. The summed E-state index contributed by atoms with van der Waals surface area (Å²) in [6, 6.07) is 12.5. The average Bonchev–Trinajstić information content (AvgIpc) is 2.39. The highest BCUT2D eigenvalue weighted by molar-refractivity contribution is 5.80. The van der Waals surface area contributed by atoms with Crippen LogP contribution in [-0.2, 0) is 0 Å². The van der Waals surface area contributed by atoms with Gasteiger partial charge in [0.2, 0.25) is 0 Å². The molecule has 0 aliphatic carbocycles. The van der Waals surface area contributed by atoms with Crippen LogP contribution in [0.2, 0.25) is 0 Å². The van der Waals surface area contributed by atoms with Crippen molar-refractivity contribution in [1.29, 1.82) is 0 Å². The topological polar surface area (TPSA) is 16.1 Å². The summed E-state index contributed by atoms with van der Waals surface area (Å²) in [4.78, 5) is 7.07. The number of fused-ring (bicyclic) bond motifs is 1. The Morgan fingerprint density at radius 1 is 1.00 bits per heavy atom. The molecule has 0 atom stereocenters. The van der Waals surface area contributed by atoms with Gasteiger partial charge >= 0.3 is 0 Å². The molecule has 0 spiro atoms. The maximum Gasteiger partial charge on any atom is 0.129 e. The van der Waals surface area contributed by atoms with E-state index in [0.29, 0.717) is 0 Å². The molecule has 86 valence electrons. The minimum Gasteiger partial charge on any atom is -0.356 e. The zero-order chi connectivity index (χ0) is 11.7. The first-order chi connectivity index (χ1) is 8.33. The van der Waals surface area contributed by atoms with Crippen molar-refractivity contribution in [2.24, 2.45) is 0 Å². The normalized spacial score (nSPS) is 16.5. The number of pyridine rings is 1. The number of rotatable bonds is 1. The van der Waals surface area contributed by atoms with Crippen LogP contribution in [0.1, 0.15) is 12.8 Å². The minimum atomic E-state index is 1.05. The molecule has 0 unspecified atom stereocenters. The number of piperidine rings is 1. The Balaban J connectivity index is 1.92. The number of benzene rings is 1. The van der Waals surface area contributed by atoms with Crippen LogP contribution in [0.3, 0.4) is 0 Å². The molecule has 2 nitrogen and oxygen atoms in total. The molecule has 1 aromatic carbocycles. The third-order valence-corrected chi connectivity index (χ3v) is 3.38. The number of para-hydroxylation sites is 1. The monoisotopic (exact) mass is 224 g/mol. The minimum absolute atomic E-state index is 1.05. The molecule has 0 N–H and O–H groups in total. The van der Waals surface area contributed by atoms with Gasteiger partial charge in [0.05, 0.1) is 5.52 Å². The van der Waals surface area contributed by atoms with Crippen LogP contribution < -0.4 is 4.90 Å². The predicted octanol–water partition coefficient (Wildman–Crippen LogP) is 3.39. The van der Waals surface area contributed by atoms with E-state index in [1.165, 1.54) is 11.0 Å². The van der Waals surface area contributed by atoms with Crippen molar-refractivity contribution in [3.05, 3.63) is 48.6 Å². The molecule has 2 aromatic rings. The quantitative estimate of drug-likeness (QED) is 0.690. The SMILES string of the molecule is C=C1CCN(c2ccc3ccccc3n2)CC1. The molecule has 1 aromatic heterocycles. The van der Waals surface area contributed by atoms with Crippen molar-refractivity contribution in [2.45, 2.75) is 12.8 Å². The standard InChI is InChI=1S/C15H16N2/c1-12-8-10-17(11-9-12)15-7-6-13-4-2-3-5-14(13)16-15/h2-7H,1,8-11H2. The molecular weight excluding hydrogens is 208 g/mol. The second kappa shape index (κ2) is 4.21. The van der Waals surface area contributed by atoms with Gasteiger partial charge in [-0.3, -0.25) is 0 Å². The van der Waals surface area contributed by atoms with E-state index in [4.69, 9.17) is 4.98 Å². The Bertz CT molecular complexity index is 550. The van der Waals surface area contributed by atoms with Gasteiger partial charge in [-0.1, -0.05) is 30.4 Å². The molecule has 0 amide bonds. The maximum atomic E-state index is 4.72.